The number of hydrogen-bond acceptors (Lipinski definition) is 6. The van der Waals surface area contributed by atoms with Crippen molar-refractivity contribution in [3.63, 3.8) is 0 Å². The second kappa shape index (κ2) is 8.31. The minimum Gasteiger partial charge on any atom is -0.358 e. The fourth-order valence-corrected chi connectivity index (χ4v) is 4.58. The summed E-state index contributed by atoms with van der Waals surface area (Å²) in [7, 11) is 1.28. The van der Waals surface area contributed by atoms with Gasteiger partial charge in [-0.2, -0.15) is 4.31 Å². The van der Waals surface area contributed by atoms with Crippen LogP contribution in [0.3, 0.4) is 0 Å². The number of likely N-dealkylation sites (N-methyl/N-ethyl adjacent to an activating group) is 2. The maximum atomic E-state index is 13.2. The lowest BCUT2D eigenvalue weighted by atomic mass is 10.2. The van der Waals surface area contributed by atoms with Crippen molar-refractivity contribution in [2.75, 3.05) is 40.8 Å². The van der Waals surface area contributed by atoms with Gasteiger partial charge in [0, 0.05) is 20.1 Å². The zero-order valence-corrected chi connectivity index (χ0v) is 17.4. The van der Waals surface area contributed by atoms with Gasteiger partial charge in [-0.3, -0.25) is 14.2 Å². The van der Waals surface area contributed by atoms with Crippen LogP contribution in [0, 0.1) is 0 Å². The number of rotatable bonds is 6. The SMILES string of the molecule is CNC(=O)CN1Cc2c(C(=O)NCCN(C)C)ncn2-c2ccccc2S1(=O)=O. The molecule has 1 aromatic carbocycles. The van der Waals surface area contributed by atoms with E-state index in [1.54, 1.807) is 22.8 Å². The Balaban J connectivity index is 2.05. The number of nitrogens with zero attached hydrogens (tertiary/aromatic N) is 4. The topological polar surface area (TPSA) is 117 Å². The second-order valence-electron chi connectivity index (χ2n) is 6.88. The lowest BCUT2D eigenvalue weighted by Gasteiger charge is -2.19. The highest BCUT2D eigenvalue weighted by molar-refractivity contribution is 7.89. The molecule has 1 aromatic heterocycles. The number of benzene rings is 1. The van der Waals surface area contributed by atoms with Crippen LogP contribution >= 0.6 is 0 Å². The summed E-state index contributed by atoms with van der Waals surface area (Å²) in [5, 5.41) is 5.23. The molecule has 0 saturated heterocycles. The molecule has 2 heterocycles. The molecule has 0 atom stereocenters. The minimum atomic E-state index is -3.95. The second-order valence-corrected chi connectivity index (χ2v) is 8.79. The quantitative estimate of drug-likeness (QED) is 0.646. The summed E-state index contributed by atoms with van der Waals surface area (Å²) in [6, 6.07) is 6.46. The van der Waals surface area contributed by atoms with Crippen molar-refractivity contribution in [1.82, 2.24) is 29.4 Å². The summed E-state index contributed by atoms with van der Waals surface area (Å²) in [5.74, 6) is -0.840. The van der Waals surface area contributed by atoms with Gasteiger partial charge in [-0.05, 0) is 26.2 Å². The Morgan fingerprint density at radius 3 is 2.66 bits per heavy atom. The fraction of sp³-hybridized carbons (Fsp3) is 0.389. The Morgan fingerprint density at radius 2 is 1.97 bits per heavy atom. The number of carbonyl (C=O) groups excluding carboxylic acids is 2. The average Bonchev–Trinajstić information content (AvgIpc) is 3.07. The molecule has 10 nitrogen and oxygen atoms in total. The Labute approximate surface area is 169 Å². The van der Waals surface area contributed by atoms with Gasteiger partial charge in [-0.25, -0.2) is 13.4 Å². The highest BCUT2D eigenvalue weighted by Crippen LogP contribution is 2.31. The summed E-state index contributed by atoms with van der Waals surface area (Å²) in [6.45, 7) is 0.567. The molecule has 2 amide bonds. The van der Waals surface area contributed by atoms with Crippen molar-refractivity contribution < 1.29 is 18.0 Å². The molecule has 2 aromatic rings. The Morgan fingerprint density at radius 1 is 1.24 bits per heavy atom. The number of fused-ring (bicyclic) bond motifs is 3. The Kier molecular flexibility index (Phi) is 6.01. The number of sulfonamides is 1. The molecule has 0 aliphatic carbocycles. The van der Waals surface area contributed by atoms with E-state index in [1.165, 1.54) is 19.4 Å². The van der Waals surface area contributed by atoms with E-state index in [2.05, 4.69) is 15.6 Å². The molecule has 0 fully saturated rings. The fourth-order valence-electron chi connectivity index (χ4n) is 3.04. The van der Waals surface area contributed by atoms with E-state index >= 15 is 0 Å². The van der Waals surface area contributed by atoms with E-state index in [0.717, 1.165) is 4.31 Å². The molecular weight excluding hydrogens is 396 g/mol. The van der Waals surface area contributed by atoms with Crippen LogP contribution in [0.25, 0.3) is 5.69 Å². The summed E-state index contributed by atoms with van der Waals surface area (Å²) in [4.78, 5) is 30.8. The molecular formula is C18H24N6O4S. The largest absolute Gasteiger partial charge is 0.358 e. The van der Waals surface area contributed by atoms with E-state index in [1.807, 2.05) is 19.0 Å². The van der Waals surface area contributed by atoms with Crippen LogP contribution < -0.4 is 10.6 Å². The zero-order valence-electron chi connectivity index (χ0n) is 16.5. The molecule has 3 rings (SSSR count). The van der Waals surface area contributed by atoms with Crippen LogP contribution in [0.4, 0.5) is 0 Å². The third-order valence-corrected chi connectivity index (χ3v) is 6.43. The molecule has 1 aliphatic heterocycles. The molecule has 2 N–H and O–H groups in total. The molecule has 11 heteroatoms. The third-order valence-electron chi connectivity index (χ3n) is 4.59. The molecule has 0 unspecified atom stereocenters. The molecule has 0 spiro atoms. The van der Waals surface area contributed by atoms with Gasteiger partial charge < -0.3 is 15.5 Å². The van der Waals surface area contributed by atoms with Crippen molar-refractivity contribution in [1.29, 1.82) is 0 Å². The maximum absolute atomic E-state index is 13.2. The van der Waals surface area contributed by atoms with E-state index in [-0.39, 0.29) is 23.7 Å². The Bertz CT molecular complexity index is 1030. The van der Waals surface area contributed by atoms with Crippen molar-refractivity contribution in [3.8, 4) is 5.69 Å². The molecule has 29 heavy (non-hydrogen) atoms. The van der Waals surface area contributed by atoms with Gasteiger partial charge in [-0.15, -0.1) is 0 Å². The number of hydrogen-bond donors (Lipinski definition) is 2. The molecule has 0 saturated carbocycles. The lowest BCUT2D eigenvalue weighted by Crippen LogP contribution is -2.39. The van der Waals surface area contributed by atoms with E-state index in [9.17, 15) is 18.0 Å². The van der Waals surface area contributed by atoms with Gasteiger partial charge in [0.1, 0.15) is 11.2 Å². The predicted octanol–water partition coefficient (Wildman–Crippen LogP) is -0.586. The molecule has 156 valence electrons. The third kappa shape index (κ3) is 4.16. The van der Waals surface area contributed by atoms with Crippen molar-refractivity contribution in [3.05, 3.63) is 42.0 Å². The van der Waals surface area contributed by atoms with Crippen molar-refractivity contribution in [2.24, 2.45) is 0 Å². The average molecular weight is 420 g/mol. The number of nitrogens with one attached hydrogen (secondary N) is 2. The van der Waals surface area contributed by atoms with Crippen molar-refractivity contribution >= 4 is 21.8 Å². The van der Waals surface area contributed by atoms with E-state index in [4.69, 9.17) is 0 Å². The van der Waals surface area contributed by atoms with Gasteiger partial charge in [-0.1, -0.05) is 12.1 Å². The summed E-state index contributed by atoms with van der Waals surface area (Å²) in [6.07, 6.45) is 1.44. The number of para-hydroxylation sites is 1. The van der Waals surface area contributed by atoms with Crippen LogP contribution in [-0.2, 0) is 21.4 Å². The molecule has 0 bridgehead atoms. The smallest absolute Gasteiger partial charge is 0.271 e. The first-order valence-electron chi connectivity index (χ1n) is 9.05. The van der Waals surface area contributed by atoms with Crippen LogP contribution in [-0.4, -0.2) is 79.8 Å². The van der Waals surface area contributed by atoms with Crippen LogP contribution in [0.15, 0.2) is 35.5 Å². The maximum Gasteiger partial charge on any atom is 0.271 e. The van der Waals surface area contributed by atoms with Crippen LogP contribution in [0.1, 0.15) is 16.2 Å². The minimum absolute atomic E-state index is 0.0552. The Hall–Kier alpha value is -2.76. The monoisotopic (exact) mass is 420 g/mol. The van der Waals surface area contributed by atoms with Gasteiger partial charge in [0.15, 0.2) is 5.69 Å². The van der Waals surface area contributed by atoms with E-state index < -0.39 is 21.8 Å². The first-order valence-corrected chi connectivity index (χ1v) is 10.5. The van der Waals surface area contributed by atoms with Crippen LogP contribution in [0.2, 0.25) is 0 Å². The lowest BCUT2D eigenvalue weighted by molar-refractivity contribution is -0.120. The molecule has 1 aliphatic rings. The van der Waals surface area contributed by atoms with Gasteiger partial charge in [0.25, 0.3) is 5.91 Å². The number of carbonyl (C=O) groups is 2. The number of amides is 2. The van der Waals surface area contributed by atoms with E-state index in [0.29, 0.717) is 24.5 Å². The van der Waals surface area contributed by atoms with Gasteiger partial charge in [0.2, 0.25) is 15.9 Å². The highest BCUT2D eigenvalue weighted by atomic mass is 32.2. The molecule has 0 radical (unpaired) electrons. The number of imidazole rings is 1. The van der Waals surface area contributed by atoms with Gasteiger partial charge in [0.05, 0.1) is 24.5 Å². The predicted molar refractivity (Wildman–Crippen MR) is 106 cm³/mol. The summed E-state index contributed by atoms with van der Waals surface area (Å²) in [5.41, 5.74) is 0.934. The zero-order chi connectivity index (χ0) is 21.2. The summed E-state index contributed by atoms with van der Waals surface area (Å²) < 4.78 is 29.0. The van der Waals surface area contributed by atoms with Crippen molar-refractivity contribution in [2.45, 2.75) is 11.4 Å². The number of aromatic nitrogens is 2. The first kappa shape index (κ1) is 21.0. The standard InChI is InChI=1S/C18H24N6O4S/c1-19-16(25)11-23-10-14-17(18(26)20-8-9-22(2)3)21-12-24(14)13-6-4-5-7-15(13)29(23,27)28/h4-7,12H,8-11H2,1-3H3,(H,19,25)(H,20,26). The normalized spacial score (nSPS) is 15.3. The highest BCUT2D eigenvalue weighted by Gasteiger charge is 2.35. The first-order chi connectivity index (χ1) is 13.8. The summed E-state index contributed by atoms with van der Waals surface area (Å²) >= 11 is 0. The van der Waals surface area contributed by atoms with Crippen LogP contribution in [0.5, 0.6) is 0 Å². The van der Waals surface area contributed by atoms with Gasteiger partial charge >= 0.3 is 0 Å².